The number of carbonyl (C=O) groups is 1. The number of nitrogens with two attached hydrogens (primary N) is 1. The molecule has 0 aromatic heterocycles. The highest BCUT2D eigenvalue weighted by Crippen LogP contribution is 2.10. The number of unbranched alkanes of at least 4 members (excludes halogenated alkanes) is 3. The van der Waals surface area contributed by atoms with Crippen LogP contribution in [0.15, 0.2) is 30.3 Å². The minimum Gasteiger partial charge on any atom is -0.366 e. The molecule has 17 heavy (non-hydrogen) atoms. The number of hydrogen-bond donors (Lipinski definition) is 1. The van der Waals surface area contributed by atoms with Gasteiger partial charge in [0.2, 0.25) is 5.91 Å². The maximum atomic E-state index is 10.6. The van der Waals surface area contributed by atoms with Crippen molar-refractivity contribution in [1.82, 2.24) is 0 Å². The lowest BCUT2D eigenvalue weighted by Gasteiger charge is -2.01. The largest absolute Gasteiger partial charge is 0.366 e. The Morgan fingerprint density at radius 1 is 1.18 bits per heavy atom. The Hall–Kier alpha value is -1.57. The molecule has 1 aromatic carbocycles. The molecule has 0 saturated heterocycles. The van der Waals surface area contributed by atoms with Crippen molar-refractivity contribution < 1.29 is 4.79 Å². The van der Waals surface area contributed by atoms with Crippen molar-refractivity contribution in [2.75, 3.05) is 0 Å². The van der Waals surface area contributed by atoms with Gasteiger partial charge in [0.1, 0.15) is 0 Å². The van der Waals surface area contributed by atoms with E-state index in [1.807, 2.05) is 12.1 Å². The molecular formula is C15H21NO. The molecule has 1 aromatic rings. The molecule has 0 aliphatic heterocycles. The van der Waals surface area contributed by atoms with Crippen LogP contribution >= 0.6 is 0 Å². The third-order valence-corrected chi connectivity index (χ3v) is 2.74. The van der Waals surface area contributed by atoms with Crippen molar-refractivity contribution in [1.29, 1.82) is 0 Å². The van der Waals surface area contributed by atoms with Crippen LogP contribution in [0, 0.1) is 0 Å². The Morgan fingerprint density at radius 2 is 1.88 bits per heavy atom. The van der Waals surface area contributed by atoms with E-state index in [4.69, 9.17) is 5.73 Å². The molecule has 1 rings (SSSR count). The zero-order valence-electron chi connectivity index (χ0n) is 10.5. The van der Waals surface area contributed by atoms with Crippen molar-refractivity contribution in [3.63, 3.8) is 0 Å². The molecule has 2 N–H and O–H groups in total. The number of benzene rings is 1. The van der Waals surface area contributed by atoms with Crippen LogP contribution < -0.4 is 5.73 Å². The summed E-state index contributed by atoms with van der Waals surface area (Å²) < 4.78 is 0. The van der Waals surface area contributed by atoms with Gasteiger partial charge >= 0.3 is 0 Å². The van der Waals surface area contributed by atoms with Crippen LogP contribution in [0.4, 0.5) is 0 Å². The Balaban J connectivity index is 2.42. The van der Waals surface area contributed by atoms with E-state index in [0.29, 0.717) is 0 Å². The van der Waals surface area contributed by atoms with Crippen LogP contribution in [-0.4, -0.2) is 5.91 Å². The first kappa shape index (κ1) is 13.5. The van der Waals surface area contributed by atoms with Gasteiger partial charge in [-0.1, -0.05) is 50.5 Å². The maximum Gasteiger partial charge on any atom is 0.241 e. The average molecular weight is 231 g/mol. The summed E-state index contributed by atoms with van der Waals surface area (Å²) in [6.45, 7) is 2.22. The van der Waals surface area contributed by atoms with Crippen molar-refractivity contribution in [3.05, 3.63) is 41.5 Å². The van der Waals surface area contributed by atoms with E-state index in [2.05, 4.69) is 19.1 Å². The summed E-state index contributed by atoms with van der Waals surface area (Å²) >= 11 is 0. The number of primary amides is 1. The number of amides is 1. The number of aryl methyl sites for hydroxylation is 1. The van der Waals surface area contributed by atoms with E-state index in [-0.39, 0.29) is 0 Å². The molecule has 0 atom stereocenters. The van der Waals surface area contributed by atoms with Gasteiger partial charge in [0, 0.05) is 6.08 Å². The topological polar surface area (TPSA) is 43.1 Å². The number of hydrogen-bond acceptors (Lipinski definition) is 1. The first-order chi connectivity index (χ1) is 8.22. The van der Waals surface area contributed by atoms with Gasteiger partial charge in [0.05, 0.1) is 0 Å². The van der Waals surface area contributed by atoms with Crippen molar-refractivity contribution in [2.24, 2.45) is 5.73 Å². The van der Waals surface area contributed by atoms with E-state index in [0.717, 1.165) is 12.0 Å². The van der Waals surface area contributed by atoms with Gasteiger partial charge in [-0.2, -0.15) is 0 Å². The van der Waals surface area contributed by atoms with Gasteiger partial charge in [0.15, 0.2) is 0 Å². The quantitative estimate of drug-likeness (QED) is 0.568. The first-order valence-corrected chi connectivity index (χ1v) is 6.29. The predicted octanol–water partition coefficient (Wildman–Crippen LogP) is 3.31. The number of rotatable bonds is 7. The predicted molar refractivity (Wildman–Crippen MR) is 72.5 cm³/mol. The zero-order valence-corrected chi connectivity index (χ0v) is 10.5. The lowest BCUT2D eigenvalue weighted by Crippen LogP contribution is -2.05. The fourth-order valence-electron chi connectivity index (χ4n) is 1.73. The second kappa shape index (κ2) is 7.66. The Labute approximate surface area is 104 Å². The monoisotopic (exact) mass is 231 g/mol. The summed E-state index contributed by atoms with van der Waals surface area (Å²) in [6, 6.07) is 8.28. The normalized spacial score (nSPS) is 10.9. The van der Waals surface area contributed by atoms with E-state index in [9.17, 15) is 4.79 Å². The van der Waals surface area contributed by atoms with E-state index in [1.54, 1.807) is 6.08 Å². The van der Waals surface area contributed by atoms with Crippen molar-refractivity contribution in [2.45, 2.75) is 39.0 Å². The zero-order chi connectivity index (χ0) is 12.5. The van der Waals surface area contributed by atoms with Gasteiger partial charge in [-0.3, -0.25) is 4.79 Å². The highest BCUT2D eigenvalue weighted by molar-refractivity contribution is 5.90. The molecule has 0 saturated carbocycles. The first-order valence-electron chi connectivity index (χ1n) is 6.29. The van der Waals surface area contributed by atoms with Gasteiger partial charge < -0.3 is 5.73 Å². The average Bonchev–Trinajstić information content (AvgIpc) is 2.33. The second-order valence-electron chi connectivity index (χ2n) is 4.29. The summed E-state index contributed by atoms with van der Waals surface area (Å²) in [5.41, 5.74) is 7.41. The molecule has 0 radical (unpaired) electrons. The van der Waals surface area contributed by atoms with Crippen molar-refractivity contribution in [3.8, 4) is 0 Å². The fourth-order valence-corrected chi connectivity index (χ4v) is 1.73. The third-order valence-electron chi connectivity index (χ3n) is 2.74. The highest BCUT2D eigenvalue weighted by atomic mass is 16.1. The molecule has 0 aliphatic rings. The molecule has 0 spiro atoms. The molecule has 0 aliphatic carbocycles. The summed E-state index contributed by atoms with van der Waals surface area (Å²) in [5, 5.41) is 0. The van der Waals surface area contributed by atoms with Crippen LogP contribution in [0.1, 0.15) is 43.7 Å². The van der Waals surface area contributed by atoms with E-state index >= 15 is 0 Å². The summed E-state index contributed by atoms with van der Waals surface area (Å²) in [4.78, 5) is 10.6. The molecule has 0 bridgehead atoms. The lowest BCUT2D eigenvalue weighted by molar-refractivity contribution is -0.113. The molecule has 2 nitrogen and oxygen atoms in total. The Morgan fingerprint density at radius 3 is 2.47 bits per heavy atom. The van der Waals surface area contributed by atoms with Gasteiger partial charge in [-0.15, -0.1) is 0 Å². The molecule has 0 fully saturated rings. The van der Waals surface area contributed by atoms with Crippen LogP contribution in [-0.2, 0) is 11.2 Å². The lowest BCUT2D eigenvalue weighted by atomic mass is 10.0. The number of carbonyl (C=O) groups excluding carboxylic acids is 1. The van der Waals surface area contributed by atoms with Crippen LogP contribution in [0.5, 0.6) is 0 Å². The molecule has 0 unspecified atom stereocenters. The van der Waals surface area contributed by atoms with Crippen LogP contribution in [0.25, 0.3) is 6.08 Å². The Bertz CT molecular complexity index is 365. The van der Waals surface area contributed by atoms with Gasteiger partial charge in [-0.05, 0) is 30.0 Å². The van der Waals surface area contributed by atoms with Crippen molar-refractivity contribution >= 4 is 12.0 Å². The maximum absolute atomic E-state index is 10.6. The van der Waals surface area contributed by atoms with Gasteiger partial charge in [0.25, 0.3) is 0 Å². The SMILES string of the molecule is CCCCCCc1ccc(/C=C/C(N)=O)cc1. The summed E-state index contributed by atoms with van der Waals surface area (Å²) in [5.74, 6) is -0.409. The molecule has 0 heterocycles. The van der Waals surface area contributed by atoms with E-state index < -0.39 is 5.91 Å². The van der Waals surface area contributed by atoms with Crippen LogP contribution in [0.2, 0.25) is 0 Å². The molecule has 1 amide bonds. The third kappa shape index (κ3) is 5.91. The molecule has 2 heteroatoms. The Kier molecular flexibility index (Phi) is 6.08. The standard InChI is InChI=1S/C15H21NO/c1-2-3-4-5-6-13-7-9-14(10-8-13)11-12-15(16)17/h7-12H,2-6H2,1H3,(H2,16,17)/b12-11+. The highest BCUT2D eigenvalue weighted by Gasteiger charge is 1.94. The smallest absolute Gasteiger partial charge is 0.241 e. The van der Waals surface area contributed by atoms with Gasteiger partial charge in [-0.25, -0.2) is 0 Å². The minimum atomic E-state index is -0.409. The fraction of sp³-hybridized carbons (Fsp3) is 0.400. The van der Waals surface area contributed by atoms with Crippen LogP contribution in [0.3, 0.4) is 0 Å². The molecular weight excluding hydrogens is 210 g/mol. The molecule has 92 valence electrons. The minimum absolute atomic E-state index is 0.409. The summed E-state index contributed by atoms with van der Waals surface area (Å²) in [7, 11) is 0. The van der Waals surface area contributed by atoms with E-state index in [1.165, 1.54) is 37.3 Å². The second-order valence-corrected chi connectivity index (χ2v) is 4.29. The summed E-state index contributed by atoms with van der Waals surface area (Å²) in [6.07, 6.45) is 9.42.